The molecule has 1 saturated carbocycles. The van der Waals surface area contributed by atoms with Crippen LogP contribution in [0.5, 0.6) is 0 Å². The van der Waals surface area contributed by atoms with Gasteiger partial charge in [0.2, 0.25) is 0 Å². The van der Waals surface area contributed by atoms with Gasteiger partial charge in [-0.25, -0.2) is 0 Å². The van der Waals surface area contributed by atoms with Crippen LogP contribution in [-0.2, 0) is 13.1 Å². The first-order valence-electron chi connectivity index (χ1n) is 9.26. The standard InChI is InChI=1S/C20H29N5.HI/c1-16-8-10-19(11-9-16)24-20(21-2)22-14-17-6-3-4-7-18(17)15-25-13-5-12-23-25;/h3-7,12-13,16,19H,8-11,14-15H2,1-2H3,(H2,21,22,24);1H. The fraction of sp³-hybridized carbons (Fsp3) is 0.500. The van der Waals surface area contributed by atoms with Crippen molar-refractivity contribution in [3.63, 3.8) is 0 Å². The largest absolute Gasteiger partial charge is 0.354 e. The highest BCUT2D eigenvalue weighted by atomic mass is 127. The number of nitrogens with one attached hydrogen (secondary N) is 2. The van der Waals surface area contributed by atoms with Crippen molar-refractivity contribution in [1.82, 2.24) is 20.4 Å². The number of aromatic nitrogens is 2. The Bertz CT molecular complexity index is 675. The van der Waals surface area contributed by atoms with E-state index in [-0.39, 0.29) is 24.0 Å². The maximum Gasteiger partial charge on any atom is 0.191 e. The zero-order valence-corrected chi connectivity index (χ0v) is 18.0. The average Bonchev–Trinajstić information content (AvgIpc) is 3.14. The molecule has 1 aliphatic rings. The topological polar surface area (TPSA) is 54.2 Å². The molecule has 3 rings (SSSR count). The van der Waals surface area contributed by atoms with Crippen LogP contribution in [0.15, 0.2) is 47.7 Å². The van der Waals surface area contributed by atoms with Crippen molar-refractivity contribution in [2.45, 2.75) is 51.7 Å². The molecule has 0 bridgehead atoms. The molecule has 142 valence electrons. The van der Waals surface area contributed by atoms with Gasteiger partial charge < -0.3 is 10.6 Å². The molecule has 1 aliphatic carbocycles. The Labute approximate surface area is 173 Å². The first kappa shape index (κ1) is 20.7. The molecule has 0 saturated heterocycles. The lowest BCUT2D eigenvalue weighted by atomic mass is 9.87. The van der Waals surface area contributed by atoms with Crippen LogP contribution in [0.3, 0.4) is 0 Å². The normalized spacial score (nSPS) is 20.3. The molecular weight excluding hydrogens is 437 g/mol. The molecule has 2 aromatic rings. The van der Waals surface area contributed by atoms with Gasteiger partial charge in [-0.15, -0.1) is 24.0 Å². The van der Waals surface area contributed by atoms with Crippen LogP contribution in [0, 0.1) is 5.92 Å². The average molecular weight is 467 g/mol. The molecular formula is C20H30IN5. The van der Waals surface area contributed by atoms with Gasteiger partial charge in [-0.1, -0.05) is 31.2 Å². The maximum absolute atomic E-state index is 4.40. The van der Waals surface area contributed by atoms with Gasteiger partial charge in [0.05, 0.1) is 6.54 Å². The van der Waals surface area contributed by atoms with Gasteiger partial charge in [-0.2, -0.15) is 5.10 Å². The molecule has 1 fully saturated rings. The second-order valence-corrected chi connectivity index (χ2v) is 7.00. The Morgan fingerprint density at radius 3 is 2.54 bits per heavy atom. The lowest BCUT2D eigenvalue weighted by Crippen LogP contribution is -2.44. The summed E-state index contributed by atoms with van der Waals surface area (Å²) in [6.07, 6.45) is 8.89. The van der Waals surface area contributed by atoms with Crippen LogP contribution in [0.4, 0.5) is 0 Å². The fourth-order valence-electron chi connectivity index (χ4n) is 3.42. The molecule has 0 aliphatic heterocycles. The summed E-state index contributed by atoms with van der Waals surface area (Å²) in [4.78, 5) is 4.40. The van der Waals surface area contributed by atoms with Crippen LogP contribution in [0.2, 0.25) is 0 Å². The highest BCUT2D eigenvalue weighted by molar-refractivity contribution is 14.0. The van der Waals surface area contributed by atoms with Crippen molar-refractivity contribution in [3.8, 4) is 0 Å². The van der Waals surface area contributed by atoms with Gasteiger partial charge in [-0.3, -0.25) is 9.67 Å². The van der Waals surface area contributed by atoms with E-state index in [4.69, 9.17) is 0 Å². The quantitative estimate of drug-likeness (QED) is 0.400. The Balaban J connectivity index is 0.00000243. The highest BCUT2D eigenvalue weighted by Crippen LogP contribution is 2.23. The molecule has 0 spiro atoms. The SMILES string of the molecule is CN=C(NCc1ccccc1Cn1cccn1)NC1CCC(C)CC1.I. The maximum atomic E-state index is 4.40. The van der Waals surface area contributed by atoms with E-state index < -0.39 is 0 Å². The number of aliphatic imine (C=N–C) groups is 1. The smallest absolute Gasteiger partial charge is 0.191 e. The summed E-state index contributed by atoms with van der Waals surface area (Å²) in [5.74, 6) is 1.76. The molecule has 26 heavy (non-hydrogen) atoms. The first-order valence-corrected chi connectivity index (χ1v) is 9.26. The van der Waals surface area contributed by atoms with Crippen molar-refractivity contribution < 1.29 is 0 Å². The van der Waals surface area contributed by atoms with Gasteiger partial charge in [0, 0.05) is 32.0 Å². The number of benzene rings is 1. The third-order valence-electron chi connectivity index (χ3n) is 5.04. The molecule has 2 N–H and O–H groups in total. The third-order valence-corrected chi connectivity index (χ3v) is 5.04. The van der Waals surface area contributed by atoms with E-state index in [9.17, 15) is 0 Å². The number of hydrogen-bond donors (Lipinski definition) is 2. The summed E-state index contributed by atoms with van der Waals surface area (Å²) in [6, 6.07) is 11.0. The van der Waals surface area contributed by atoms with Crippen LogP contribution < -0.4 is 10.6 Å². The molecule has 1 aromatic carbocycles. The molecule has 0 amide bonds. The molecule has 1 aromatic heterocycles. The number of hydrogen-bond acceptors (Lipinski definition) is 2. The first-order chi connectivity index (χ1) is 12.2. The van der Waals surface area contributed by atoms with Crippen LogP contribution in [-0.4, -0.2) is 28.8 Å². The number of halogens is 1. The van der Waals surface area contributed by atoms with Crippen molar-refractivity contribution in [2.24, 2.45) is 10.9 Å². The third kappa shape index (κ3) is 6.00. The van der Waals surface area contributed by atoms with E-state index >= 15 is 0 Å². The van der Waals surface area contributed by atoms with E-state index in [1.54, 1.807) is 0 Å². The van der Waals surface area contributed by atoms with Crippen molar-refractivity contribution >= 4 is 29.9 Å². The zero-order chi connectivity index (χ0) is 17.5. The minimum Gasteiger partial charge on any atom is -0.354 e. The van der Waals surface area contributed by atoms with Crippen molar-refractivity contribution in [2.75, 3.05) is 7.05 Å². The molecule has 0 unspecified atom stereocenters. The predicted molar refractivity (Wildman–Crippen MR) is 118 cm³/mol. The summed E-state index contributed by atoms with van der Waals surface area (Å²) >= 11 is 0. The number of nitrogens with zero attached hydrogens (tertiary/aromatic N) is 3. The van der Waals surface area contributed by atoms with Crippen molar-refractivity contribution in [1.29, 1.82) is 0 Å². The van der Waals surface area contributed by atoms with E-state index in [0.717, 1.165) is 25.0 Å². The van der Waals surface area contributed by atoms with E-state index in [1.807, 2.05) is 30.2 Å². The number of rotatable bonds is 5. The van der Waals surface area contributed by atoms with Crippen molar-refractivity contribution in [3.05, 3.63) is 53.9 Å². The minimum absolute atomic E-state index is 0. The van der Waals surface area contributed by atoms with Crippen LogP contribution >= 0.6 is 24.0 Å². The van der Waals surface area contributed by atoms with E-state index in [1.165, 1.54) is 36.8 Å². The minimum atomic E-state index is 0. The van der Waals surface area contributed by atoms with Gasteiger partial charge in [0.1, 0.15) is 0 Å². The number of guanidine groups is 1. The summed E-state index contributed by atoms with van der Waals surface area (Å²) in [5.41, 5.74) is 2.55. The van der Waals surface area contributed by atoms with Crippen LogP contribution in [0.1, 0.15) is 43.7 Å². The molecule has 1 heterocycles. The summed E-state index contributed by atoms with van der Waals surface area (Å²) in [5, 5.41) is 11.4. The lowest BCUT2D eigenvalue weighted by Gasteiger charge is -2.28. The Kier molecular flexibility index (Phi) is 8.41. The molecule has 5 nitrogen and oxygen atoms in total. The highest BCUT2D eigenvalue weighted by Gasteiger charge is 2.18. The summed E-state index contributed by atoms with van der Waals surface area (Å²) in [7, 11) is 1.84. The summed E-state index contributed by atoms with van der Waals surface area (Å²) in [6.45, 7) is 3.90. The second-order valence-electron chi connectivity index (χ2n) is 7.00. The predicted octanol–water partition coefficient (Wildman–Crippen LogP) is 3.79. The lowest BCUT2D eigenvalue weighted by molar-refractivity contribution is 0.329. The Morgan fingerprint density at radius 1 is 1.15 bits per heavy atom. The summed E-state index contributed by atoms with van der Waals surface area (Å²) < 4.78 is 1.95. The van der Waals surface area contributed by atoms with E-state index in [0.29, 0.717) is 6.04 Å². The Hall–Kier alpha value is -1.57. The monoisotopic (exact) mass is 467 g/mol. The zero-order valence-electron chi connectivity index (χ0n) is 15.7. The second kappa shape index (κ2) is 10.5. The van der Waals surface area contributed by atoms with Gasteiger partial charge in [0.25, 0.3) is 0 Å². The van der Waals surface area contributed by atoms with Gasteiger partial charge >= 0.3 is 0 Å². The molecule has 6 heteroatoms. The van der Waals surface area contributed by atoms with Gasteiger partial charge in [-0.05, 0) is 48.8 Å². The Morgan fingerprint density at radius 2 is 1.88 bits per heavy atom. The fourth-order valence-corrected chi connectivity index (χ4v) is 3.42. The molecule has 0 atom stereocenters. The van der Waals surface area contributed by atoms with Gasteiger partial charge in [0.15, 0.2) is 5.96 Å². The van der Waals surface area contributed by atoms with E-state index in [2.05, 4.69) is 51.9 Å². The molecule has 0 radical (unpaired) electrons. The van der Waals surface area contributed by atoms with Crippen LogP contribution in [0.25, 0.3) is 0 Å².